The van der Waals surface area contributed by atoms with Gasteiger partial charge < -0.3 is 0 Å². The quantitative estimate of drug-likeness (QED) is 0.330. The van der Waals surface area contributed by atoms with Gasteiger partial charge in [-0.2, -0.15) is 0 Å². The van der Waals surface area contributed by atoms with Crippen molar-refractivity contribution in [2.75, 3.05) is 0 Å². The Morgan fingerprint density at radius 1 is 0.643 bits per heavy atom. The first-order valence-electron chi connectivity index (χ1n) is 10.4. The number of hydrogen-bond donors (Lipinski definition) is 0. The standard InChI is InChI=1S/C23H36Si2.2ClH.Zr/c1-14(2)17-11-20-21(12-17)25(9,10)23-19(16(5)6)13-18(15(3)4)22(23)24(20,7)8;;;/h11-16H,1-10H3;2*1H;/q;;;+4/p-2. The second-order valence-electron chi connectivity index (χ2n) is 10.2. The van der Waals surface area contributed by atoms with Crippen LogP contribution in [0.25, 0.3) is 0 Å². The number of rotatable bonds is 3. The molecule has 0 N–H and O–H groups in total. The summed E-state index contributed by atoms with van der Waals surface area (Å²) in [6.07, 6.45) is 7.78. The molecule has 0 spiro atoms. The van der Waals surface area contributed by atoms with Crippen molar-refractivity contribution >= 4 is 33.2 Å². The van der Waals surface area contributed by atoms with E-state index in [2.05, 4.69) is 87.0 Å². The second-order valence-corrected chi connectivity index (χ2v) is 22.5. The zero-order valence-corrected chi connectivity index (χ0v) is 25.2. The van der Waals surface area contributed by atoms with Gasteiger partial charge in [0.05, 0.1) is 16.1 Å². The Kier molecular flexibility index (Phi) is 9.16. The average Bonchev–Trinajstić information content (AvgIpc) is 3.18. The molecule has 3 rings (SSSR count). The fourth-order valence-electron chi connectivity index (χ4n) is 5.03. The normalized spacial score (nSPS) is 27.2. The second kappa shape index (κ2) is 9.80. The first-order chi connectivity index (χ1) is 12.8. The van der Waals surface area contributed by atoms with Crippen LogP contribution in [0.2, 0.25) is 26.2 Å². The minimum absolute atomic E-state index is 0.624. The van der Waals surface area contributed by atoms with E-state index in [1.165, 1.54) is 0 Å². The molecule has 0 amide bonds. The first-order valence-corrected chi connectivity index (χ1v) is 22.8. The molecule has 0 aromatic heterocycles. The molecule has 152 valence electrons. The van der Waals surface area contributed by atoms with Crippen LogP contribution < -0.4 is 0 Å². The van der Waals surface area contributed by atoms with Gasteiger partial charge in [0, 0.05) is 0 Å². The summed E-state index contributed by atoms with van der Waals surface area (Å²) in [5.41, 5.74) is 7.14. The molecule has 1 saturated heterocycles. The molecule has 2 saturated carbocycles. The van der Waals surface area contributed by atoms with E-state index in [1.54, 1.807) is 28.8 Å². The van der Waals surface area contributed by atoms with Crippen LogP contribution in [-0.2, 0) is 20.8 Å². The maximum absolute atomic E-state index is 4.93. The number of fused-ring (bicyclic) bond motifs is 2. The van der Waals surface area contributed by atoms with E-state index in [9.17, 15) is 0 Å². The third-order valence-corrected chi connectivity index (χ3v) is 14.2. The molecule has 0 nitrogen and oxygen atoms in total. The third-order valence-electron chi connectivity index (χ3n) is 6.56. The van der Waals surface area contributed by atoms with Gasteiger partial charge in [0.2, 0.25) is 0 Å². The van der Waals surface area contributed by atoms with E-state index >= 15 is 0 Å². The molecule has 0 aromatic carbocycles. The molecule has 0 bridgehead atoms. The molecule has 1 aliphatic heterocycles. The van der Waals surface area contributed by atoms with Gasteiger partial charge in [0.25, 0.3) is 0 Å². The Bertz CT molecular complexity index is 481. The van der Waals surface area contributed by atoms with Crippen LogP contribution in [0.3, 0.4) is 0 Å². The van der Waals surface area contributed by atoms with Crippen molar-refractivity contribution in [1.29, 1.82) is 0 Å². The third kappa shape index (κ3) is 4.65. The van der Waals surface area contributed by atoms with E-state index in [4.69, 9.17) is 17.0 Å². The molecule has 2 aliphatic carbocycles. The summed E-state index contributed by atoms with van der Waals surface area (Å²) in [7, 11) is 6.58. The van der Waals surface area contributed by atoms with Crippen LogP contribution in [0.15, 0.2) is 0 Å². The fourth-order valence-corrected chi connectivity index (χ4v) is 15.6. The Hall–Kier alpha value is 1.90. The van der Waals surface area contributed by atoms with Crippen molar-refractivity contribution in [2.45, 2.75) is 67.7 Å². The summed E-state index contributed by atoms with van der Waals surface area (Å²) in [6.45, 7) is 24.7. The van der Waals surface area contributed by atoms with Gasteiger partial charge in [-0.25, -0.2) is 0 Å². The average molecular weight is 531 g/mol. The van der Waals surface area contributed by atoms with E-state index in [-0.39, 0.29) is 0 Å². The van der Waals surface area contributed by atoms with E-state index in [0.29, 0.717) is 17.8 Å². The van der Waals surface area contributed by atoms with Crippen molar-refractivity contribution in [3.63, 3.8) is 0 Å². The van der Waals surface area contributed by atoms with Crippen molar-refractivity contribution in [2.24, 2.45) is 17.8 Å². The topological polar surface area (TPSA) is 0 Å². The molecular weight excluding hydrogens is 495 g/mol. The van der Waals surface area contributed by atoms with Crippen LogP contribution in [0.5, 0.6) is 0 Å². The molecule has 10 radical (unpaired) electrons. The van der Waals surface area contributed by atoms with Crippen molar-refractivity contribution in [1.82, 2.24) is 0 Å². The van der Waals surface area contributed by atoms with E-state index in [1.807, 2.05) is 11.1 Å². The Morgan fingerprint density at radius 2 is 0.964 bits per heavy atom. The first kappa shape index (κ1) is 26.2. The molecule has 28 heavy (non-hydrogen) atoms. The summed E-state index contributed by atoms with van der Waals surface area (Å²) in [5, 5.41) is 0. The molecule has 0 unspecified atom stereocenters. The summed E-state index contributed by atoms with van der Waals surface area (Å²) < 4.78 is 0. The monoisotopic (exact) mass is 528 g/mol. The molecule has 0 aromatic rings. The van der Waals surface area contributed by atoms with Crippen molar-refractivity contribution in [3.8, 4) is 0 Å². The van der Waals surface area contributed by atoms with Crippen LogP contribution in [0.4, 0.5) is 0 Å². The summed E-state index contributed by atoms with van der Waals surface area (Å²) >= 11 is -0.826. The van der Waals surface area contributed by atoms with Gasteiger partial charge in [0.15, 0.2) is 0 Å². The Labute approximate surface area is 197 Å². The van der Waals surface area contributed by atoms with Crippen molar-refractivity contribution < 1.29 is 20.8 Å². The number of hydrogen-bond acceptors (Lipinski definition) is 0. The zero-order chi connectivity index (χ0) is 21.6. The van der Waals surface area contributed by atoms with E-state index in [0.717, 1.165) is 0 Å². The predicted molar refractivity (Wildman–Crippen MR) is 127 cm³/mol. The minimum atomic E-state index is -1.64. The van der Waals surface area contributed by atoms with Gasteiger partial charge in [-0.15, -0.1) is 0 Å². The molecule has 3 fully saturated rings. The number of halogens is 2. The van der Waals surface area contributed by atoms with Crippen LogP contribution in [0, 0.1) is 76.9 Å². The molecule has 1 heterocycles. The van der Waals surface area contributed by atoms with Gasteiger partial charge in [-0.3, -0.25) is 0 Å². The molecule has 3 aliphatic rings. The predicted octanol–water partition coefficient (Wildman–Crippen LogP) is 7.58. The SMILES string of the molecule is CC(C)[C]1[CH][C]2[C]([CH]1)[Si](C)(C)[C]1[C](C(C)C)[CH][C](C(C)C)[C]1[Si]2(C)C.[Cl][Zr+2][Cl]. The molecule has 0 atom stereocenters. The summed E-state index contributed by atoms with van der Waals surface area (Å²) in [5.74, 6) is 6.76. The van der Waals surface area contributed by atoms with Gasteiger partial charge in [-0.05, 0) is 76.9 Å². The zero-order valence-electron chi connectivity index (χ0n) is 19.2. The van der Waals surface area contributed by atoms with Gasteiger partial charge in [0.1, 0.15) is 0 Å². The van der Waals surface area contributed by atoms with Crippen molar-refractivity contribution in [3.05, 3.63) is 59.2 Å². The Balaban J connectivity index is 0.000000878. The van der Waals surface area contributed by atoms with Gasteiger partial charge in [-0.1, -0.05) is 67.7 Å². The van der Waals surface area contributed by atoms with Crippen LogP contribution in [0.1, 0.15) is 41.5 Å². The van der Waals surface area contributed by atoms with Gasteiger partial charge >= 0.3 is 37.9 Å². The maximum atomic E-state index is 4.93. The van der Waals surface area contributed by atoms with E-state index < -0.39 is 37.0 Å². The van der Waals surface area contributed by atoms with Crippen LogP contribution in [-0.4, -0.2) is 16.1 Å². The summed E-state index contributed by atoms with van der Waals surface area (Å²) in [6, 6.07) is 0. The molecule has 5 heteroatoms. The Morgan fingerprint density at radius 3 is 1.21 bits per heavy atom. The molecular formula is C23H36Cl2Si2Zr+2. The fraction of sp³-hybridized carbons (Fsp3) is 0.565. The van der Waals surface area contributed by atoms with Crippen LogP contribution >= 0.6 is 17.0 Å². The summed E-state index contributed by atoms with van der Waals surface area (Å²) in [4.78, 5) is 0.